The predicted octanol–water partition coefficient (Wildman–Crippen LogP) is 3.87. The molecule has 0 fully saturated rings. The van der Waals surface area contributed by atoms with Gasteiger partial charge in [0.1, 0.15) is 5.01 Å². The van der Waals surface area contributed by atoms with Crippen LogP contribution in [0.3, 0.4) is 0 Å². The van der Waals surface area contributed by atoms with Crippen LogP contribution in [0.1, 0.15) is 31.5 Å². The van der Waals surface area contributed by atoms with Gasteiger partial charge in [-0.3, -0.25) is 0 Å². The average molecular weight is 287 g/mol. The lowest BCUT2D eigenvalue weighted by molar-refractivity contribution is 0.570. The van der Waals surface area contributed by atoms with Crippen LogP contribution >= 0.6 is 11.3 Å². The van der Waals surface area contributed by atoms with E-state index in [1.165, 1.54) is 22.1 Å². The first kappa shape index (κ1) is 13.4. The van der Waals surface area contributed by atoms with Gasteiger partial charge in [0.05, 0.1) is 23.6 Å². The zero-order valence-electron chi connectivity index (χ0n) is 12.3. The van der Waals surface area contributed by atoms with Crippen molar-refractivity contribution < 1.29 is 0 Å². The quantitative estimate of drug-likeness (QED) is 0.908. The molecule has 0 aliphatic carbocycles. The van der Waals surface area contributed by atoms with Crippen molar-refractivity contribution in [1.29, 1.82) is 0 Å². The lowest BCUT2D eigenvalue weighted by Gasteiger charge is -2.31. The van der Waals surface area contributed by atoms with Crippen molar-refractivity contribution in [2.24, 2.45) is 0 Å². The van der Waals surface area contributed by atoms with Gasteiger partial charge in [-0.25, -0.2) is 4.98 Å². The first-order valence-corrected chi connectivity index (χ1v) is 7.95. The molecule has 0 atom stereocenters. The van der Waals surface area contributed by atoms with Crippen LogP contribution in [0.15, 0.2) is 29.6 Å². The van der Waals surface area contributed by atoms with Crippen molar-refractivity contribution in [2.75, 3.05) is 23.3 Å². The maximum atomic E-state index is 4.80. The molecule has 1 N–H and O–H groups in total. The summed E-state index contributed by atoms with van der Waals surface area (Å²) >= 11 is 1.77. The number of benzene rings is 1. The second kappa shape index (κ2) is 5.09. The minimum absolute atomic E-state index is 0.135. The maximum Gasteiger partial charge on any atom is 0.112 e. The van der Waals surface area contributed by atoms with Crippen molar-refractivity contribution in [3.05, 3.63) is 40.3 Å². The summed E-state index contributed by atoms with van der Waals surface area (Å²) in [6, 6.07) is 8.50. The highest BCUT2D eigenvalue weighted by molar-refractivity contribution is 7.09. The van der Waals surface area contributed by atoms with E-state index in [-0.39, 0.29) is 5.41 Å². The van der Waals surface area contributed by atoms with Crippen LogP contribution in [0, 0.1) is 0 Å². The van der Waals surface area contributed by atoms with E-state index in [1.54, 1.807) is 11.3 Å². The van der Waals surface area contributed by atoms with E-state index in [1.807, 2.05) is 0 Å². The number of nitrogens with zero attached hydrogens (tertiary/aromatic N) is 2. The Morgan fingerprint density at radius 3 is 2.85 bits per heavy atom. The zero-order valence-corrected chi connectivity index (χ0v) is 13.1. The van der Waals surface area contributed by atoms with E-state index >= 15 is 0 Å². The van der Waals surface area contributed by atoms with Crippen molar-refractivity contribution in [3.63, 3.8) is 0 Å². The van der Waals surface area contributed by atoms with E-state index in [0.717, 1.165) is 19.6 Å². The Bertz CT molecular complexity index is 598. The largest absolute Gasteiger partial charge is 0.382 e. The summed E-state index contributed by atoms with van der Waals surface area (Å²) < 4.78 is 0. The Hall–Kier alpha value is -1.55. The molecule has 0 saturated heterocycles. The van der Waals surface area contributed by atoms with Gasteiger partial charge in [-0.1, -0.05) is 32.9 Å². The lowest BCUT2D eigenvalue weighted by Crippen LogP contribution is -2.33. The van der Waals surface area contributed by atoms with E-state index < -0.39 is 0 Å². The molecular weight excluding hydrogens is 266 g/mol. The van der Waals surface area contributed by atoms with Crippen molar-refractivity contribution >= 4 is 22.7 Å². The molecule has 0 bridgehead atoms. The standard InChI is InChI=1S/C16H21N3S/c1-16(2,3)14-11-20-15(18-14)10-19-9-8-17-12-6-4-5-7-13(12)19/h4-7,11,17H,8-10H2,1-3H3. The van der Waals surface area contributed by atoms with Gasteiger partial charge in [-0.2, -0.15) is 0 Å². The van der Waals surface area contributed by atoms with Gasteiger partial charge in [0, 0.05) is 23.9 Å². The fourth-order valence-electron chi connectivity index (χ4n) is 2.40. The van der Waals surface area contributed by atoms with Crippen LogP contribution < -0.4 is 10.2 Å². The molecule has 0 saturated carbocycles. The van der Waals surface area contributed by atoms with E-state index in [9.17, 15) is 0 Å². The van der Waals surface area contributed by atoms with Crippen molar-refractivity contribution in [2.45, 2.75) is 32.7 Å². The molecular formula is C16H21N3S. The Morgan fingerprint density at radius 2 is 2.10 bits per heavy atom. The number of para-hydroxylation sites is 2. The molecule has 3 nitrogen and oxygen atoms in total. The molecule has 3 rings (SSSR count). The Morgan fingerprint density at radius 1 is 1.30 bits per heavy atom. The molecule has 0 unspecified atom stereocenters. The van der Waals surface area contributed by atoms with Gasteiger partial charge in [0.15, 0.2) is 0 Å². The molecule has 106 valence electrons. The van der Waals surface area contributed by atoms with Gasteiger partial charge in [-0.15, -0.1) is 11.3 Å². The minimum Gasteiger partial charge on any atom is -0.382 e. The summed E-state index contributed by atoms with van der Waals surface area (Å²) in [5.41, 5.74) is 3.84. The maximum absolute atomic E-state index is 4.80. The summed E-state index contributed by atoms with van der Waals surface area (Å²) in [6.07, 6.45) is 0. The van der Waals surface area contributed by atoms with Crippen LogP contribution in [0.4, 0.5) is 11.4 Å². The zero-order chi connectivity index (χ0) is 14.2. The third-order valence-electron chi connectivity index (χ3n) is 3.59. The number of nitrogens with one attached hydrogen (secondary N) is 1. The molecule has 0 amide bonds. The molecule has 20 heavy (non-hydrogen) atoms. The van der Waals surface area contributed by atoms with Crippen molar-refractivity contribution in [1.82, 2.24) is 4.98 Å². The summed E-state index contributed by atoms with van der Waals surface area (Å²) in [5, 5.41) is 6.85. The number of anilines is 2. The Kier molecular flexibility index (Phi) is 3.42. The Balaban J connectivity index is 1.81. The molecule has 1 aliphatic heterocycles. The number of fused-ring (bicyclic) bond motifs is 1. The number of thiazole rings is 1. The van der Waals surface area contributed by atoms with Crippen LogP contribution in [0.5, 0.6) is 0 Å². The first-order valence-electron chi connectivity index (χ1n) is 7.07. The van der Waals surface area contributed by atoms with Gasteiger partial charge < -0.3 is 10.2 Å². The monoisotopic (exact) mass is 287 g/mol. The molecule has 2 aromatic rings. The molecule has 1 aliphatic rings. The molecule has 0 radical (unpaired) electrons. The summed E-state index contributed by atoms with van der Waals surface area (Å²) in [5.74, 6) is 0. The fourth-order valence-corrected chi connectivity index (χ4v) is 3.44. The molecule has 1 aromatic carbocycles. The highest BCUT2D eigenvalue weighted by Crippen LogP contribution is 2.31. The first-order chi connectivity index (χ1) is 9.54. The third kappa shape index (κ3) is 2.66. The topological polar surface area (TPSA) is 28.2 Å². The second-order valence-electron chi connectivity index (χ2n) is 6.24. The highest BCUT2D eigenvalue weighted by atomic mass is 32.1. The number of rotatable bonds is 2. The molecule has 2 heterocycles. The summed E-state index contributed by atoms with van der Waals surface area (Å²) in [7, 11) is 0. The van der Waals surface area contributed by atoms with Crippen LogP contribution in [0.2, 0.25) is 0 Å². The van der Waals surface area contributed by atoms with E-state index in [4.69, 9.17) is 4.98 Å². The highest BCUT2D eigenvalue weighted by Gasteiger charge is 2.20. The van der Waals surface area contributed by atoms with Gasteiger partial charge in [-0.05, 0) is 12.1 Å². The normalized spacial score (nSPS) is 14.8. The predicted molar refractivity (Wildman–Crippen MR) is 86.8 cm³/mol. The van der Waals surface area contributed by atoms with Crippen molar-refractivity contribution in [3.8, 4) is 0 Å². The van der Waals surface area contributed by atoms with Gasteiger partial charge >= 0.3 is 0 Å². The van der Waals surface area contributed by atoms with Crippen LogP contribution in [-0.2, 0) is 12.0 Å². The second-order valence-corrected chi connectivity index (χ2v) is 7.18. The number of hydrogen-bond acceptors (Lipinski definition) is 4. The molecule has 4 heteroatoms. The van der Waals surface area contributed by atoms with E-state index in [0.29, 0.717) is 0 Å². The lowest BCUT2D eigenvalue weighted by atomic mass is 9.93. The van der Waals surface area contributed by atoms with Gasteiger partial charge in [0.25, 0.3) is 0 Å². The Labute approximate surface area is 124 Å². The third-order valence-corrected chi connectivity index (χ3v) is 4.42. The molecule has 0 spiro atoms. The summed E-state index contributed by atoms with van der Waals surface area (Å²) in [4.78, 5) is 7.22. The smallest absolute Gasteiger partial charge is 0.112 e. The van der Waals surface area contributed by atoms with Gasteiger partial charge in [0.2, 0.25) is 0 Å². The van der Waals surface area contributed by atoms with Crippen LogP contribution in [0.25, 0.3) is 0 Å². The molecule has 1 aromatic heterocycles. The SMILES string of the molecule is CC(C)(C)c1csc(CN2CCNc3ccccc32)n1. The fraction of sp³-hybridized carbons (Fsp3) is 0.438. The minimum atomic E-state index is 0.135. The van der Waals surface area contributed by atoms with Crippen LogP contribution in [-0.4, -0.2) is 18.1 Å². The number of hydrogen-bond donors (Lipinski definition) is 1. The number of aromatic nitrogens is 1. The summed E-state index contributed by atoms with van der Waals surface area (Å²) in [6.45, 7) is 9.57. The van der Waals surface area contributed by atoms with E-state index in [2.05, 4.69) is 60.6 Å². The average Bonchev–Trinajstić information content (AvgIpc) is 2.88.